The van der Waals surface area contributed by atoms with Gasteiger partial charge in [0.25, 0.3) is 0 Å². The van der Waals surface area contributed by atoms with Crippen LogP contribution < -0.4 is 0 Å². The minimum atomic E-state index is -0.413. The van der Waals surface area contributed by atoms with Gasteiger partial charge in [0.1, 0.15) is 5.76 Å². The lowest BCUT2D eigenvalue weighted by Gasteiger charge is -2.36. The third-order valence-corrected chi connectivity index (χ3v) is 4.00. The quantitative estimate of drug-likeness (QED) is 0.829. The normalized spacial score (nSPS) is 25.6. The van der Waals surface area contributed by atoms with Crippen LogP contribution in [0.25, 0.3) is 5.57 Å². The lowest BCUT2D eigenvalue weighted by molar-refractivity contribution is 0.0804. The van der Waals surface area contributed by atoms with Crippen LogP contribution in [0.4, 0.5) is 0 Å². The van der Waals surface area contributed by atoms with Crippen LogP contribution in [-0.4, -0.2) is 25.4 Å². The van der Waals surface area contributed by atoms with Crippen LogP contribution in [0.3, 0.4) is 0 Å². The summed E-state index contributed by atoms with van der Waals surface area (Å²) in [5.74, 6) is 0.881. The predicted octanol–water partition coefficient (Wildman–Crippen LogP) is 2.68. The molecule has 1 aromatic rings. The van der Waals surface area contributed by atoms with E-state index >= 15 is 0 Å². The number of methoxy groups -OCH3 is 1. The van der Waals surface area contributed by atoms with E-state index in [1.165, 1.54) is 5.57 Å². The van der Waals surface area contributed by atoms with Crippen molar-refractivity contribution in [1.82, 2.24) is 0 Å². The molecule has 100 valence electrons. The van der Waals surface area contributed by atoms with Crippen molar-refractivity contribution in [2.45, 2.75) is 12.5 Å². The molecule has 0 amide bonds. The van der Waals surface area contributed by atoms with Crippen molar-refractivity contribution in [2.75, 3.05) is 20.3 Å². The van der Waals surface area contributed by atoms with Crippen LogP contribution in [0, 0.1) is 5.92 Å². The smallest absolute Gasteiger partial charge is 0.117 e. The summed E-state index contributed by atoms with van der Waals surface area (Å²) in [5, 5.41) is 10.3. The number of rotatable bonds is 2. The summed E-state index contributed by atoms with van der Waals surface area (Å²) in [6.07, 6.45) is 0.288. The summed E-state index contributed by atoms with van der Waals surface area (Å²) >= 11 is 0. The van der Waals surface area contributed by atoms with Gasteiger partial charge in [0.05, 0.1) is 26.4 Å². The van der Waals surface area contributed by atoms with Crippen molar-refractivity contribution >= 4 is 5.57 Å². The Morgan fingerprint density at radius 2 is 2.21 bits per heavy atom. The van der Waals surface area contributed by atoms with Crippen LogP contribution in [0.1, 0.15) is 23.7 Å². The van der Waals surface area contributed by atoms with Crippen LogP contribution in [0.15, 0.2) is 42.2 Å². The molecule has 1 heterocycles. The Morgan fingerprint density at radius 1 is 1.42 bits per heavy atom. The van der Waals surface area contributed by atoms with Gasteiger partial charge in [0.2, 0.25) is 0 Å². The van der Waals surface area contributed by atoms with Gasteiger partial charge < -0.3 is 14.6 Å². The zero-order valence-electron chi connectivity index (χ0n) is 11.1. The van der Waals surface area contributed by atoms with Gasteiger partial charge in [-0.2, -0.15) is 0 Å². The number of fused-ring (bicyclic) bond motifs is 3. The number of benzene rings is 1. The van der Waals surface area contributed by atoms with Gasteiger partial charge in [-0.05, 0) is 23.1 Å². The first-order chi connectivity index (χ1) is 9.22. The van der Waals surface area contributed by atoms with E-state index in [9.17, 15) is 5.11 Å². The lowest BCUT2D eigenvalue weighted by atomic mass is 9.75. The number of hydrogen-bond acceptors (Lipinski definition) is 3. The number of aliphatic hydroxyl groups is 1. The van der Waals surface area contributed by atoms with Crippen molar-refractivity contribution in [3.8, 4) is 0 Å². The molecule has 0 unspecified atom stereocenters. The Labute approximate surface area is 113 Å². The van der Waals surface area contributed by atoms with Gasteiger partial charge in [-0.1, -0.05) is 30.8 Å². The Kier molecular flexibility index (Phi) is 3.17. The van der Waals surface area contributed by atoms with Crippen LogP contribution in [0.5, 0.6) is 0 Å². The van der Waals surface area contributed by atoms with E-state index in [1.807, 2.05) is 18.2 Å². The summed E-state index contributed by atoms with van der Waals surface area (Å²) in [4.78, 5) is 0. The second kappa shape index (κ2) is 4.83. The molecule has 3 nitrogen and oxygen atoms in total. The van der Waals surface area contributed by atoms with Gasteiger partial charge in [-0.3, -0.25) is 0 Å². The first kappa shape index (κ1) is 12.5. The highest BCUT2D eigenvalue weighted by atomic mass is 16.5. The van der Waals surface area contributed by atoms with E-state index in [4.69, 9.17) is 9.47 Å². The molecule has 1 N–H and O–H groups in total. The summed E-state index contributed by atoms with van der Waals surface area (Å²) < 4.78 is 10.9. The van der Waals surface area contributed by atoms with Crippen molar-refractivity contribution in [3.05, 3.63) is 53.3 Å². The first-order valence-electron chi connectivity index (χ1n) is 6.53. The number of hydrogen-bond donors (Lipinski definition) is 1. The van der Waals surface area contributed by atoms with E-state index in [0.29, 0.717) is 25.4 Å². The molecule has 0 bridgehead atoms. The van der Waals surface area contributed by atoms with Crippen molar-refractivity contribution in [3.63, 3.8) is 0 Å². The molecule has 3 heteroatoms. The Hall–Kier alpha value is -1.58. The third kappa shape index (κ3) is 1.99. The molecule has 0 fully saturated rings. The zero-order valence-corrected chi connectivity index (χ0v) is 11.1. The molecule has 0 saturated carbocycles. The molecule has 0 radical (unpaired) electrons. The van der Waals surface area contributed by atoms with E-state index < -0.39 is 6.10 Å². The molecule has 0 aromatic heterocycles. The van der Waals surface area contributed by atoms with Crippen LogP contribution in [-0.2, 0) is 9.47 Å². The monoisotopic (exact) mass is 258 g/mol. The van der Waals surface area contributed by atoms with E-state index in [2.05, 4.69) is 12.6 Å². The highest BCUT2D eigenvalue weighted by Gasteiger charge is 2.34. The molecule has 2 aliphatic rings. The molecule has 3 rings (SSSR count). The van der Waals surface area contributed by atoms with Gasteiger partial charge in [0, 0.05) is 11.5 Å². The molecule has 1 aliphatic carbocycles. The van der Waals surface area contributed by atoms with Crippen molar-refractivity contribution < 1.29 is 14.6 Å². The fourth-order valence-electron chi connectivity index (χ4n) is 3.06. The van der Waals surface area contributed by atoms with Gasteiger partial charge >= 0.3 is 0 Å². The number of ether oxygens (including phenoxy) is 2. The Bertz CT molecular complexity index is 545. The average Bonchev–Trinajstić information content (AvgIpc) is 2.46. The van der Waals surface area contributed by atoms with Crippen LogP contribution in [0.2, 0.25) is 0 Å². The molecule has 19 heavy (non-hydrogen) atoms. The molecule has 1 aliphatic heterocycles. The molecule has 0 spiro atoms. The highest BCUT2D eigenvalue weighted by molar-refractivity contribution is 5.78. The van der Waals surface area contributed by atoms with Crippen molar-refractivity contribution in [2.24, 2.45) is 5.92 Å². The molecule has 1 aromatic carbocycles. The SMILES string of the molecule is C=C(OC)C1=C2c3ccccc3[C@@H](O)C[C@H]2COC1. The zero-order chi connectivity index (χ0) is 13.4. The molecular weight excluding hydrogens is 240 g/mol. The fourth-order valence-corrected chi connectivity index (χ4v) is 3.06. The van der Waals surface area contributed by atoms with E-state index in [0.717, 1.165) is 16.7 Å². The van der Waals surface area contributed by atoms with Gasteiger partial charge in [-0.25, -0.2) is 0 Å². The lowest BCUT2D eigenvalue weighted by Crippen LogP contribution is -2.28. The largest absolute Gasteiger partial charge is 0.497 e. The van der Waals surface area contributed by atoms with E-state index in [-0.39, 0.29) is 5.92 Å². The van der Waals surface area contributed by atoms with Gasteiger partial charge in [-0.15, -0.1) is 0 Å². The summed E-state index contributed by atoms with van der Waals surface area (Å²) in [5.41, 5.74) is 4.37. The summed E-state index contributed by atoms with van der Waals surface area (Å²) in [7, 11) is 1.63. The predicted molar refractivity (Wildman–Crippen MR) is 73.4 cm³/mol. The highest BCUT2D eigenvalue weighted by Crippen LogP contribution is 2.45. The van der Waals surface area contributed by atoms with Crippen molar-refractivity contribution in [1.29, 1.82) is 0 Å². The summed E-state index contributed by atoms with van der Waals surface area (Å²) in [6, 6.07) is 8.02. The maximum atomic E-state index is 10.3. The fraction of sp³-hybridized carbons (Fsp3) is 0.375. The maximum absolute atomic E-state index is 10.3. The number of aliphatic hydroxyl groups excluding tert-OH is 1. The molecule has 2 atom stereocenters. The average molecular weight is 258 g/mol. The summed E-state index contributed by atoms with van der Waals surface area (Å²) in [6.45, 7) is 5.14. The molecular formula is C16H18O3. The second-order valence-electron chi connectivity index (χ2n) is 5.07. The minimum absolute atomic E-state index is 0.223. The Morgan fingerprint density at radius 3 is 3.00 bits per heavy atom. The van der Waals surface area contributed by atoms with Crippen LogP contribution >= 0.6 is 0 Å². The van der Waals surface area contributed by atoms with Gasteiger partial charge in [0.15, 0.2) is 0 Å². The molecule has 0 saturated heterocycles. The Balaban J connectivity index is 2.20. The second-order valence-corrected chi connectivity index (χ2v) is 5.07. The topological polar surface area (TPSA) is 38.7 Å². The standard InChI is InChI=1S/C16H18O3/c1-10(18-2)14-9-19-8-11-7-15(17)12-5-3-4-6-13(12)16(11)14/h3-6,11,15,17H,1,7-9H2,2H3/t11-,15-/m0/s1. The first-order valence-corrected chi connectivity index (χ1v) is 6.53. The van der Waals surface area contributed by atoms with E-state index in [1.54, 1.807) is 7.11 Å². The third-order valence-electron chi connectivity index (χ3n) is 4.00. The maximum Gasteiger partial charge on any atom is 0.117 e. The minimum Gasteiger partial charge on any atom is -0.497 e.